The van der Waals surface area contributed by atoms with Crippen molar-refractivity contribution in [1.29, 1.82) is 0 Å². The Bertz CT molecular complexity index is 331. The van der Waals surface area contributed by atoms with Gasteiger partial charge in [0.05, 0.1) is 12.5 Å². The van der Waals surface area contributed by atoms with Crippen LogP contribution < -0.4 is 10.9 Å². The van der Waals surface area contributed by atoms with E-state index in [1.165, 1.54) is 0 Å². The average Bonchev–Trinajstić information content (AvgIpc) is 2.35. The number of hydrogen-bond donors (Lipinski definition) is 2. The van der Waals surface area contributed by atoms with Gasteiger partial charge in [-0.25, -0.2) is 10.2 Å². The van der Waals surface area contributed by atoms with E-state index in [-0.39, 0.29) is 17.9 Å². The first-order chi connectivity index (χ1) is 9.31. The molecule has 0 saturated heterocycles. The standard InChI is InChI=1S/C14H26N2O4/c1-5-19-12(17)10-6-8-11(9-7-10)15-16-13(18)20-14(2,3)4/h10-11,15H,5-9H2,1-4H3,(H,16,18). The zero-order chi connectivity index (χ0) is 15.2. The van der Waals surface area contributed by atoms with Crippen LogP contribution in [0, 0.1) is 5.92 Å². The Hall–Kier alpha value is -1.30. The van der Waals surface area contributed by atoms with Gasteiger partial charge in [-0.3, -0.25) is 10.2 Å². The van der Waals surface area contributed by atoms with Gasteiger partial charge in [-0.1, -0.05) is 0 Å². The van der Waals surface area contributed by atoms with Gasteiger partial charge in [-0.15, -0.1) is 0 Å². The molecule has 0 aromatic heterocycles. The molecule has 0 heterocycles. The normalized spacial score (nSPS) is 23.0. The highest BCUT2D eigenvalue weighted by molar-refractivity contribution is 5.72. The van der Waals surface area contributed by atoms with Gasteiger partial charge >= 0.3 is 12.1 Å². The number of nitrogens with one attached hydrogen (secondary N) is 2. The van der Waals surface area contributed by atoms with Gasteiger partial charge in [0.15, 0.2) is 0 Å². The molecule has 1 saturated carbocycles. The van der Waals surface area contributed by atoms with Crippen LogP contribution in [0.4, 0.5) is 4.79 Å². The third-order valence-corrected chi connectivity index (χ3v) is 3.12. The van der Waals surface area contributed by atoms with Crippen LogP contribution in [0.3, 0.4) is 0 Å². The summed E-state index contributed by atoms with van der Waals surface area (Å²) in [7, 11) is 0. The molecule has 0 radical (unpaired) electrons. The highest BCUT2D eigenvalue weighted by Crippen LogP contribution is 2.25. The zero-order valence-corrected chi connectivity index (χ0v) is 12.8. The van der Waals surface area contributed by atoms with E-state index >= 15 is 0 Å². The minimum absolute atomic E-state index is 0.00507. The molecule has 0 atom stereocenters. The highest BCUT2D eigenvalue weighted by Gasteiger charge is 2.27. The number of amides is 1. The van der Waals surface area contributed by atoms with Crippen molar-refractivity contribution in [1.82, 2.24) is 10.9 Å². The van der Waals surface area contributed by atoms with Gasteiger partial charge < -0.3 is 9.47 Å². The fourth-order valence-electron chi connectivity index (χ4n) is 2.20. The van der Waals surface area contributed by atoms with Gasteiger partial charge in [0.1, 0.15) is 5.60 Å². The van der Waals surface area contributed by atoms with Crippen molar-refractivity contribution in [3.05, 3.63) is 0 Å². The Morgan fingerprint density at radius 3 is 2.25 bits per heavy atom. The largest absolute Gasteiger partial charge is 0.466 e. The van der Waals surface area contributed by atoms with E-state index in [9.17, 15) is 9.59 Å². The van der Waals surface area contributed by atoms with Crippen molar-refractivity contribution in [2.45, 2.75) is 65.0 Å². The van der Waals surface area contributed by atoms with Crippen LogP contribution >= 0.6 is 0 Å². The Morgan fingerprint density at radius 2 is 1.75 bits per heavy atom. The van der Waals surface area contributed by atoms with Gasteiger partial charge in [-0.2, -0.15) is 0 Å². The number of hydrazine groups is 1. The maximum Gasteiger partial charge on any atom is 0.422 e. The molecule has 1 fully saturated rings. The van der Waals surface area contributed by atoms with E-state index in [1.54, 1.807) is 0 Å². The molecule has 1 aliphatic rings. The Morgan fingerprint density at radius 1 is 1.15 bits per heavy atom. The molecule has 0 aromatic rings. The summed E-state index contributed by atoms with van der Waals surface area (Å²) in [5, 5.41) is 0. The van der Waals surface area contributed by atoms with Crippen molar-refractivity contribution >= 4 is 12.1 Å². The molecule has 0 aliphatic heterocycles. The zero-order valence-electron chi connectivity index (χ0n) is 12.8. The number of carbonyl (C=O) groups is 2. The fourth-order valence-corrected chi connectivity index (χ4v) is 2.20. The molecular formula is C14H26N2O4. The fraction of sp³-hybridized carbons (Fsp3) is 0.857. The molecule has 6 nitrogen and oxygen atoms in total. The molecule has 1 amide bonds. The lowest BCUT2D eigenvalue weighted by atomic mass is 9.86. The second kappa shape index (κ2) is 7.47. The van der Waals surface area contributed by atoms with Crippen molar-refractivity contribution in [3.8, 4) is 0 Å². The van der Waals surface area contributed by atoms with Crippen LogP contribution in [0.2, 0.25) is 0 Å². The van der Waals surface area contributed by atoms with E-state index in [4.69, 9.17) is 9.47 Å². The van der Waals surface area contributed by atoms with E-state index in [0.717, 1.165) is 25.7 Å². The van der Waals surface area contributed by atoms with Crippen LogP contribution in [0.1, 0.15) is 53.4 Å². The predicted octanol–water partition coefficient (Wildman–Crippen LogP) is 2.14. The summed E-state index contributed by atoms with van der Waals surface area (Å²) in [6, 6.07) is 0.174. The van der Waals surface area contributed by atoms with E-state index < -0.39 is 11.7 Å². The minimum Gasteiger partial charge on any atom is -0.466 e. The van der Waals surface area contributed by atoms with Crippen molar-refractivity contribution in [2.24, 2.45) is 5.92 Å². The maximum atomic E-state index is 11.6. The topological polar surface area (TPSA) is 76.7 Å². The van der Waals surface area contributed by atoms with Crippen LogP contribution in [0.5, 0.6) is 0 Å². The number of esters is 1. The number of rotatable bonds is 4. The summed E-state index contributed by atoms with van der Waals surface area (Å²) in [5.74, 6) is -0.111. The second-order valence-corrected chi connectivity index (χ2v) is 6.07. The first kappa shape index (κ1) is 16.8. The molecule has 1 rings (SSSR count). The van der Waals surface area contributed by atoms with Crippen molar-refractivity contribution in [2.75, 3.05) is 6.61 Å². The molecular weight excluding hydrogens is 260 g/mol. The van der Waals surface area contributed by atoms with Crippen molar-refractivity contribution < 1.29 is 19.1 Å². The number of ether oxygens (including phenoxy) is 2. The first-order valence-corrected chi connectivity index (χ1v) is 7.23. The second-order valence-electron chi connectivity index (χ2n) is 6.07. The van der Waals surface area contributed by atoms with Crippen LogP contribution in [0.15, 0.2) is 0 Å². The summed E-state index contributed by atoms with van der Waals surface area (Å²) < 4.78 is 10.2. The predicted molar refractivity (Wildman–Crippen MR) is 74.9 cm³/mol. The molecule has 2 N–H and O–H groups in total. The molecule has 1 aliphatic carbocycles. The minimum atomic E-state index is -0.507. The summed E-state index contributed by atoms with van der Waals surface area (Å²) in [6.45, 7) is 7.69. The Kier molecular flexibility index (Phi) is 6.26. The summed E-state index contributed by atoms with van der Waals surface area (Å²) in [6.07, 6.45) is 2.75. The lowest BCUT2D eigenvalue weighted by Crippen LogP contribution is -2.47. The lowest BCUT2D eigenvalue weighted by Gasteiger charge is -2.28. The SMILES string of the molecule is CCOC(=O)C1CCC(NNC(=O)OC(C)(C)C)CC1. The molecule has 0 aromatic carbocycles. The molecule has 6 heteroatoms. The van der Waals surface area contributed by atoms with E-state index in [0.29, 0.717) is 6.61 Å². The number of hydrogen-bond acceptors (Lipinski definition) is 5. The average molecular weight is 286 g/mol. The van der Waals surface area contributed by atoms with E-state index in [1.807, 2.05) is 27.7 Å². The highest BCUT2D eigenvalue weighted by atomic mass is 16.6. The summed E-state index contributed by atoms with van der Waals surface area (Å²) in [5.41, 5.74) is 5.00. The van der Waals surface area contributed by atoms with Gasteiger partial charge in [0, 0.05) is 6.04 Å². The van der Waals surface area contributed by atoms with Gasteiger partial charge in [-0.05, 0) is 53.4 Å². The molecule has 116 valence electrons. The van der Waals surface area contributed by atoms with Crippen LogP contribution in [-0.2, 0) is 14.3 Å². The Balaban J connectivity index is 2.23. The third-order valence-electron chi connectivity index (χ3n) is 3.12. The lowest BCUT2D eigenvalue weighted by molar-refractivity contribution is -0.149. The summed E-state index contributed by atoms with van der Waals surface area (Å²) >= 11 is 0. The monoisotopic (exact) mass is 286 g/mol. The number of carbonyl (C=O) groups excluding carboxylic acids is 2. The maximum absolute atomic E-state index is 11.6. The van der Waals surface area contributed by atoms with Gasteiger partial charge in [0.2, 0.25) is 0 Å². The molecule has 0 bridgehead atoms. The quantitative estimate of drug-likeness (QED) is 0.611. The van der Waals surface area contributed by atoms with E-state index in [2.05, 4.69) is 10.9 Å². The molecule has 0 unspecified atom stereocenters. The first-order valence-electron chi connectivity index (χ1n) is 7.23. The van der Waals surface area contributed by atoms with Crippen molar-refractivity contribution in [3.63, 3.8) is 0 Å². The van der Waals surface area contributed by atoms with Gasteiger partial charge in [0.25, 0.3) is 0 Å². The van der Waals surface area contributed by atoms with Crippen LogP contribution in [0.25, 0.3) is 0 Å². The molecule has 0 spiro atoms. The smallest absolute Gasteiger partial charge is 0.422 e. The third kappa shape index (κ3) is 6.23. The Labute approximate surface area is 120 Å². The summed E-state index contributed by atoms with van der Waals surface area (Å²) in [4.78, 5) is 23.1. The molecule has 20 heavy (non-hydrogen) atoms. The van der Waals surface area contributed by atoms with Crippen LogP contribution in [-0.4, -0.2) is 30.3 Å².